The van der Waals surface area contributed by atoms with Gasteiger partial charge in [0, 0.05) is 18.5 Å². The van der Waals surface area contributed by atoms with Gasteiger partial charge in [-0.25, -0.2) is 0 Å². The Bertz CT molecular complexity index is 439. The highest BCUT2D eigenvalue weighted by Gasteiger charge is 2.14. The topological polar surface area (TPSA) is 47.6 Å². The molecule has 1 fully saturated rings. The number of rotatable bonds is 4. The van der Waals surface area contributed by atoms with E-state index in [9.17, 15) is 4.79 Å². The summed E-state index contributed by atoms with van der Waals surface area (Å²) in [5.41, 5.74) is 3.03. The molecule has 2 rings (SSSR count). The van der Waals surface area contributed by atoms with E-state index in [1.54, 1.807) is 0 Å². The minimum absolute atomic E-state index is 0.0427. The molecule has 19 heavy (non-hydrogen) atoms. The molecule has 0 aliphatic carbocycles. The van der Waals surface area contributed by atoms with Crippen molar-refractivity contribution in [2.24, 2.45) is 0 Å². The molecule has 104 valence electrons. The van der Waals surface area contributed by atoms with Crippen molar-refractivity contribution in [3.05, 3.63) is 34.9 Å². The van der Waals surface area contributed by atoms with Crippen molar-refractivity contribution in [3.8, 4) is 0 Å². The van der Waals surface area contributed by atoms with Crippen LogP contribution in [-0.2, 0) is 9.47 Å². The summed E-state index contributed by atoms with van der Waals surface area (Å²) in [6.07, 6.45) is 1.47. The lowest BCUT2D eigenvalue weighted by atomic mass is 10.1. The summed E-state index contributed by atoms with van der Waals surface area (Å²) >= 11 is 0. The van der Waals surface area contributed by atoms with E-state index in [0.717, 1.165) is 25.2 Å². The van der Waals surface area contributed by atoms with Gasteiger partial charge in [-0.2, -0.15) is 0 Å². The first-order valence-corrected chi connectivity index (χ1v) is 6.75. The maximum Gasteiger partial charge on any atom is 0.251 e. The van der Waals surface area contributed by atoms with Crippen LogP contribution in [0.25, 0.3) is 0 Å². The molecule has 4 heteroatoms. The van der Waals surface area contributed by atoms with Gasteiger partial charge in [-0.05, 0) is 43.5 Å². The van der Waals surface area contributed by atoms with Crippen molar-refractivity contribution in [2.75, 3.05) is 19.8 Å². The number of ether oxygens (including phenoxy) is 2. The zero-order chi connectivity index (χ0) is 13.7. The van der Waals surface area contributed by atoms with Gasteiger partial charge < -0.3 is 14.8 Å². The van der Waals surface area contributed by atoms with E-state index in [0.29, 0.717) is 18.5 Å². The number of benzene rings is 1. The van der Waals surface area contributed by atoms with Gasteiger partial charge in [-0.3, -0.25) is 4.79 Å². The standard InChI is InChI=1S/C15H21NO3/c1-11-4-5-13(10-12(11)2)15(17)16-7-6-14-18-8-3-9-19-14/h4-5,10,14H,3,6-9H2,1-2H3,(H,16,17). The van der Waals surface area contributed by atoms with E-state index < -0.39 is 0 Å². The Morgan fingerprint density at radius 2 is 2.00 bits per heavy atom. The van der Waals surface area contributed by atoms with Crippen molar-refractivity contribution in [2.45, 2.75) is 33.0 Å². The molecule has 1 aromatic rings. The Kier molecular flexibility index (Phi) is 4.93. The predicted molar refractivity (Wildman–Crippen MR) is 73.2 cm³/mol. The van der Waals surface area contributed by atoms with E-state index in [4.69, 9.17) is 9.47 Å². The highest BCUT2D eigenvalue weighted by Crippen LogP contribution is 2.10. The van der Waals surface area contributed by atoms with Crippen LogP contribution in [-0.4, -0.2) is 32.0 Å². The Hall–Kier alpha value is -1.39. The van der Waals surface area contributed by atoms with Crippen LogP contribution in [0.4, 0.5) is 0 Å². The minimum Gasteiger partial charge on any atom is -0.353 e. The SMILES string of the molecule is Cc1ccc(C(=O)NCCC2OCCCO2)cc1C. The van der Waals surface area contributed by atoms with Crippen LogP contribution in [0, 0.1) is 13.8 Å². The van der Waals surface area contributed by atoms with Gasteiger partial charge >= 0.3 is 0 Å². The van der Waals surface area contributed by atoms with E-state index in [2.05, 4.69) is 5.32 Å². The van der Waals surface area contributed by atoms with Crippen molar-refractivity contribution in [1.82, 2.24) is 5.32 Å². The molecule has 1 amide bonds. The number of nitrogens with one attached hydrogen (secondary N) is 1. The number of aryl methyl sites for hydroxylation is 2. The van der Waals surface area contributed by atoms with Gasteiger partial charge in [0.1, 0.15) is 0 Å². The summed E-state index contributed by atoms with van der Waals surface area (Å²) in [5.74, 6) is -0.0427. The second-order valence-corrected chi connectivity index (χ2v) is 4.87. The molecule has 0 bridgehead atoms. The highest BCUT2D eigenvalue weighted by atomic mass is 16.7. The van der Waals surface area contributed by atoms with E-state index >= 15 is 0 Å². The van der Waals surface area contributed by atoms with Gasteiger partial charge in [-0.15, -0.1) is 0 Å². The van der Waals surface area contributed by atoms with Crippen LogP contribution in [0.3, 0.4) is 0 Å². The summed E-state index contributed by atoms with van der Waals surface area (Å²) in [5, 5.41) is 2.89. The van der Waals surface area contributed by atoms with Crippen LogP contribution >= 0.6 is 0 Å². The minimum atomic E-state index is -0.172. The molecular weight excluding hydrogens is 242 g/mol. The predicted octanol–water partition coefficient (Wildman–Crippen LogP) is 2.19. The lowest BCUT2D eigenvalue weighted by Gasteiger charge is -2.23. The molecule has 1 N–H and O–H groups in total. The second kappa shape index (κ2) is 6.68. The summed E-state index contributed by atoms with van der Waals surface area (Å²) < 4.78 is 10.9. The van der Waals surface area contributed by atoms with Gasteiger partial charge in [-0.1, -0.05) is 6.07 Å². The summed E-state index contributed by atoms with van der Waals surface area (Å²) in [4.78, 5) is 12.0. The third-order valence-electron chi connectivity index (χ3n) is 3.33. The largest absolute Gasteiger partial charge is 0.353 e. The first kappa shape index (κ1) is 14.0. The Morgan fingerprint density at radius 1 is 1.26 bits per heavy atom. The van der Waals surface area contributed by atoms with Gasteiger partial charge in [0.2, 0.25) is 0 Å². The Morgan fingerprint density at radius 3 is 2.68 bits per heavy atom. The normalized spacial score (nSPS) is 16.3. The highest BCUT2D eigenvalue weighted by molar-refractivity contribution is 5.94. The molecule has 4 nitrogen and oxygen atoms in total. The van der Waals surface area contributed by atoms with Crippen LogP contribution in [0.2, 0.25) is 0 Å². The smallest absolute Gasteiger partial charge is 0.251 e. The van der Waals surface area contributed by atoms with Gasteiger partial charge in [0.15, 0.2) is 6.29 Å². The first-order valence-electron chi connectivity index (χ1n) is 6.75. The summed E-state index contributed by atoms with van der Waals surface area (Å²) in [7, 11) is 0. The summed E-state index contributed by atoms with van der Waals surface area (Å²) in [6, 6.07) is 5.74. The fourth-order valence-electron chi connectivity index (χ4n) is 1.99. The van der Waals surface area contributed by atoms with E-state index in [1.807, 2.05) is 32.0 Å². The zero-order valence-electron chi connectivity index (χ0n) is 11.6. The molecule has 0 spiro atoms. The third-order valence-corrected chi connectivity index (χ3v) is 3.33. The number of hydrogen-bond acceptors (Lipinski definition) is 3. The lowest BCUT2D eigenvalue weighted by molar-refractivity contribution is -0.180. The first-order chi connectivity index (χ1) is 9.16. The van der Waals surface area contributed by atoms with E-state index in [-0.39, 0.29) is 12.2 Å². The fourth-order valence-corrected chi connectivity index (χ4v) is 1.99. The second-order valence-electron chi connectivity index (χ2n) is 4.87. The molecule has 0 saturated carbocycles. The molecule has 1 aliphatic rings. The molecule has 1 heterocycles. The molecule has 0 aromatic heterocycles. The Labute approximate surface area is 114 Å². The summed E-state index contributed by atoms with van der Waals surface area (Å²) in [6.45, 7) is 6.10. The number of carbonyl (C=O) groups excluding carboxylic acids is 1. The molecule has 0 atom stereocenters. The van der Waals surface area contributed by atoms with Crippen molar-refractivity contribution < 1.29 is 14.3 Å². The van der Waals surface area contributed by atoms with Gasteiger partial charge in [0.05, 0.1) is 13.2 Å². The van der Waals surface area contributed by atoms with Crippen molar-refractivity contribution >= 4 is 5.91 Å². The molecule has 0 unspecified atom stereocenters. The number of amides is 1. The third kappa shape index (κ3) is 4.04. The van der Waals surface area contributed by atoms with E-state index in [1.165, 1.54) is 5.56 Å². The van der Waals surface area contributed by atoms with Crippen molar-refractivity contribution in [1.29, 1.82) is 0 Å². The van der Waals surface area contributed by atoms with Crippen LogP contribution in [0.5, 0.6) is 0 Å². The van der Waals surface area contributed by atoms with Gasteiger partial charge in [0.25, 0.3) is 5.91 Å². The number of hydrogen-bond donors (Lipinski definition) is 1. The maximum atomic E-state index is 12.0. The molecule has 1 saturated heterocycles. The van der Waals surface area contributed by atoms with Crippen molar-refractivity contribution in [3.63, 3.8) is 0 Å². The molecule has 1 aromatic carbocycles. The van der Waals surface area contributed by atoms with Crippen LogP contribution < -0.4 is 5.32 Å². The lowest BCUT2D eigenvalue weighted by Crippen LogP contribution is -2.31. The molecular formula is C15H21NO3. The molecule has 0 radical (unpaired) electrons. The average molecular weight is 263 g/mol. The quantitative estimate of drug-likeness (QED) is 0.905. The Balaban J connectivity index is 1.78. The fraction of sp³-hybridized carbons (Fsp3) is 0.533. The monoisotopic (exact) mass is 263 g/mol. The molecule has 1 aliphatic heterocycles. The zero-order valence-corrected chi connectivity index (χ0v) is 11.6. The number of carbonyl (C=O) groups is 1. The maximum absolute atomic E-state index is 12.0. The van der Waals surface area contributed by atoms with Crippen LogP contribution in [0.1, 0.15) is 34.3 Å². The van der Waals surface area contributed by atoms with Crippen LogP contribution in [0.15, 0.2) is 18.2 Å². The average Bonchev–Trinajstić information content (AvgIpc) is 2.43.